The molecular weight excluding hydrogens is 922 g/mol. The van der Waals surface area contributed by atoms with Crippen LogP contribution in [0.4, 0.5) is 28.4 Å². The Kier molecular flexibility index (Phi) is 9.60. The Bertz CT molecular complexity index is 4200. The second-order valence-corrected chi connectivity index (χ2v) is 25.1. The molecule has 0 atom stereocenters. The predicted octanol–water partition coefficient (Wildman–Crippen LogP) is 18.1. The van der Waals surface area contributed by atoms with Crippen LogP contribution in [0.3, 0.4) is 0 Å². The van der Waals surface area contributed by atoms with E-state index in [1.165, 1.54) is 112 Å². The molecule has 0 spiro atoms. The van der Waals surface area contributed by atoms with Crippen molar-refractivity contribution in [3.05, 3.63) is 204 Å². The molecule has 9 aromatic carbocycles. The molecule has 353 valence electrons. The molecule has 73 heavy (non-hydrogen) atoms. The van der Waals surface area contributed by atoms with Gasteiger partial charge in [0.15, 0.2) is 0 Å². The number of benzene rings is 9. The summed E-state index contributed by atoms with van der Waals surface area (Å²) in [5, 5.41) is 10.6. The average molecular weight is 977 g/mol. The van der Waals surface area contributed by atoms with Crippen LogP contribution < -0.4 is 20.5 Å². The lowest BCUT2D eigenvalue weighted by molar-refractivity contribution is 0.590. The highest BCUT2D eigenvalue weighted by molar-refractivity contribution is 7.29. The lowest BCUT2D eigenvalue weighted by atomic mass is 9.63. The third-order valence-electron chi connectivity index (χ3n) is 15.9. The normalized spacial score (nSPS) is 13.7. The van der Waals surface area contributed by atoms with E-state index in [1.54, 1.807) is 0 Å². The lowest BCUT2D eigenvalue weighted by Gasteiger charge is -2.28. The molecule has 1 aliphatic heterocycles. The molecule has 14 rings (SSSR count). The second-order valence-electron chi connectivity index (χ2n) is 22.9. The smallest absolute Gasteiger partial charge is 0.211 e. The quantitative estimate of drug-likeness (QED) is 0.168. The van der Waals surface area contributed by atoms with E-state index < -0.39 is 0 Å². The molecule has 1 N–H and O–H groups in total. The van der Waals surface area contributed by atoms with Crippen LogP contribution in [-0.2, 0) is 16.2 Å². The van der Waals surface area contributed by atoms with Gasteiger partial charge in [-0.1, -0.05) is 146 Å². The van der Waals surface area contributed by atoms with Crippen molar-refractivity contribution in [2.75, 3.05) is 10.2 Å². The molecule has 2 aliphatic rings. The number of hydrogen-bond acceptors (Lipinski definition) is 4. The van der Waals surface area contributed by atoms with Crippen molar-refractivity contribution in [3.63, 3.8) is 0 Å². The van der Waals surface area contributed by atoms with Crippen molar-refractivity contribution in [1.82, 2.24) is 4.57 Å². The van der Waals surface area contributed by atoms with Crippen molar-refractivity contribution in [3.8, 4) is 27.9 Å². The minimum absolute atomic E-state index is 0.0196. The van der Waals surface area contributed by atoms with Crippen molar-refractivity contribution in [1.29, 1.82) is 0 Å². The van der Waals surface area contributed by atoms with E-state index in [9.17, 15) is 0 Å². The summed E-state index contributed by atoms with van der Waals surface area (Å²) in [6.07, 6.45) is 0. The number of anilines is 5. The standard InChI is InChI=1S/C67H55BN3S2/c1-65(2,3)39-23-26-41(27-24-39)69-56-37-55-49(45-29-28-44(34-54(45)67(55,7)8)70(42-17-11-9-12-18-42)43-19-13-10-14-20-43)35-50(56)47-30-31-48-51-36-52-46-21-15-16-22-58(46)72-60(52)38-57(51)71-62(48)61(47)68-64-63(71)53-33-40(66(4,5)6)25-32-59(53)73-64/h9-38,69H,1-8H3. The summed E-state index contributed by atoms with van der Waals surface area (Å²) in [5.41, 5.74) is 20.8. The van der Waals surface area contributed by atoms with Gasteiger partial charge in [-0.05, 0) is 151 Å². The van der Waals surface area contributed by atoms with Gasteiger partial charge in [0.25, 0.3) is 0 Å². The third kappa shape index (κ3) is 6.83. The predicted molar refractivity (Wildman–Crippen MR) is 319 cm³/mol. The van der Waals surface area contributed by atoms with Gasteiger partial charge < -0.3 is 14.8 Å². The minimum atomic E-state index is -0.281. The molecule has 12 aromatic rings. The molecule has 0 amide bonds. The number of hydrogen-bond donors (Lipinski definition) is 1. The number of nitrogens with zero attached hydrogens (tertiary/aromatic N) is 2. The summed E-state index contributed by atoms with van der Waals surface area (Å²) in [4.78, 5) is 2.38. The molecule has 0 saturated carbocycles. The Morgan fingerprint density at radius 1 is 0.479 bits per heavy atom. The Morgan fingerprint density at radius 2 is 1.14 bits per heavy atom. The fourth-order valence-corrected chi connectivity index (χ4v) is 14.3. The maximum absolute atomic E-state index is 4.05. The third-order valence-corrected chi connectivity index (χ3v) is 18.2. The van der Waals surface area contributed by atoms with Gasteiger partial charge >= 0.3 is 0 Å². The number of aromatic nitrogens is 1. The molecule has 4 heterocycles. The average Bonchev–Trinajstić information content (AvgIpc) is 4.10. The van der Waals surface area contributed by atoms with Crippen molar-refractivity contribution in [2.24, 2.45) is 0 Å². The van der Waals surface area contributed by atoms with Crippen LogP contribution in [0, 0.1) is 0 Å². The Labute approximate surface area is 436 Å². The van der Waals surface area contributed by atoms with Gasteiger partial charge in [0, 0.05) is 86.0 Å². The van der Waals surface area contributed by atoms with Crippen LogP contribution >= 0.6 is 22.7 Å². The van der Waals surface area contributed by atoms with E-state index >= 15 is 0 Å². The van der Waals surface area contributed by atoms with Crippen LogP contribution in [-0.4, -0.2) is 11.8 Å². The molecule has 3 nitrogen and oxygen atoms in total. The molecule has 1 radical (unpaired) electrons. The molecule has 0 saturated heterocycles. The van der Waals surface area contributed by atoms with Crippen molar-refractivity contribution >= 4 is 121 Å². The first-order valence-electron chi connectivity index (χ1n) is 25.7. The van der Waals surface area contributed by atoms with E-state index in [1.807, 2.05) is 22.7 Å². The largest absolute Gasteiger partial charge is 0.355 e. The maximum Gasteiger partial charge on any atom is 0.211 e. The number of rotatable bonds is 6. The van der Waals surface area contributed by atoms with Crippen LogP contribution in [0.2, 0.25) is 0 Å². The molecule has 6 heteroatoms. The first-order valence-corrected chi connectivity index (χ1v) is 27.3. The number of para-hydroxylation sites is 2. The number of nitrogens with one attached hydrogen (secondary N) is 1. The summed E-state index contributed by atoms with van der Waals surface area (Å²) >= 11 is 3.82. The van der Waals surface area contributed by atoms with Crippen LogP contribution in [0.25, 0.3) is 80.0 Å². The van der Waals surface area contributed by atoms with E-state index in [0.29, 0.717) is 0 Å². The van der Waals surface area contributed by atoms with Gasteiger partial charge in [0.2, 0.25) is 7.28 Å². The molecule has 0 fully saturated rings. The van der Waals surface area contributed by atoms with E-state index in [-0.39, 0.29) is 16.2 Å². The van der Waals surface area contributed by atoms with Gasteiger partial charge in [-0.2, -0.15) is 0 Å². The zero-order chi connectivity index (χ0) is 49.7. The highest BCUT2D eigenvalue weighted by Gasteiger charge is 2.38. The van der Waals surface area contributed by atoms with Gasteiger partial charge in [0.1, 0.15) is 0 Å². The van der Waals surface area contributed by atoms with E-state index in [0.717, 1.165) is 28.4 Å². The highest BCUT2D eigenvalue weighted by atomic mass is 32.1. The summed E-state index contributed by atoms with van der Waals surface area (Å²) in [5.74, 6) is 0. The molecular formula is C67H55BN3S2. The van der Waals surface area contributed by atoms with Gasteiger partial charge in [-0.3, -0.25) is 0 Å². The van der Waals surface area contributed by atoms with Crippen molar-refractivity contribution in [2.45, 2.75) is 71.6 Å². The SMILES string of the molecule is CC(C)(C)c1ccc(Nc2cc3c(cc2-c2ccc4c5cc6c(cc5n5c4c2[B]c2sc4ccc(C(C)(C)C)cc4c2-5)sc2ccccc26)-c2ccc(N(c4ccccc4)c4ccccc4)cc2C3(C)C)cc1. The fraction of sp³-hybridized carbons (Fsp3) is 0.164. The Hall–Kier alpha value is -7.38. The fourth-order valence-electron chi connectivity index (χ4n) is 12.0. The Balaban J connectivity index is 1.02. The van der Waals surface area contributed by atoms with Gasteiger partial charge in [-0.25, -0.2) is 0 Å². The zero-order valence-electron chi connectivity index (χ0n) is 42.6. The first kappa shape index (κ1) is 44.3. The topological polar surface area (TPSA) is 20.2 Å². The molecule has 0 bridgehead atoms. The van der Waals surface area contributed by atoms with E-state index in [2.05, 4.69) is 259 Å². The lowest BCUT2D eigenvalue weighted by Crippen LogP contribution is -2.35. The van der Waals surface area contributed by atoms with E-state index in [4.69, 9.17) is 0 Å². The van der Waals surface area contributed by atoms with Crippen LogP contribution in [0.15, 0.2) is 182 Å². The zero-order valence-corrected chi connectivity index (χ0v) is 44.2. The summed E-state index contributed by atoms with van der Waals surface area (Å²) in [7, 11) is 2.52. The molecule has 0 unspecified atom stereocenters. The maximum atomic E-state index is 4.05. The molecule has 3 aromatic heterocycles. The number of thiophene rings is 2. The highest BCUT2D eigenvalue weighted by Crippen LogP contribution is 2.54. The minimum Gasteiger partial charge on any atom is -0.355 e. The van der Waals surface area contributed by atoms with Gasteiger partial charge in [0.05, 0.1) is 11.2 Å². The molecule has 1 aliphatic carbocycles. The summed E-state index contributed by atoms with van der Waals surface area (Å²) < 4.78 is 7.91. The summed E-state index contributed by atoms with van der Waals surface area (Å²) in [6.45, 7) is 18.6. The number of fused-ring (bicyclic) bond motifs is 13. The second kappa shape index (κ2) is 15.8. The van der Waals surface area contributed by atoms with Crippen LogP contribution in [0.1, 0.15) is 77.6 Å². The van der Waals surface area contributed by atoms with Gasteiger partial charge in [-0.15, -0.1) is 22.7 Å². The Morgan fingerprint density at radius 3 is 1.86 bits per heavy atom. The van der Waals surface area contributed by atoms with Crippen molar-refractivity contribution < 1.29 is 0 Å². The summed E-state index contributed by atoms with van der Waals surface area (Å²) in [6, 6.07) is 68.6. The van der Waals surface area contributed by atoms with Crippen LogP contribution in [0.5, 0.6) is 0 Å². The monoisotopic (exact) mass is 976 g/mol. The first-order chi connectivity index (χ1) is 35.2.